The van der Waals surface area contributed by atoms with E-state index in [1.165, 1.54) is 0 Å². The van der Waals surface area contributed by atoms with Gasteiger partial charge in [0.25, 0.3) is 0 Å². The minimum atomic E-state index is -0.856. The molecule has 1 aromatic heterocycles. The highest BCUT2D eigenvalue weighted by Gasteiger charge is 2.47. The van der Waals surface area contributed by atoms with Crippen LogP contribution in [0.15, 0.2) is 0 Å². The molecule has 1 fully saturated rings. The minimum Gasteiger partial charge on any atom is -0.390 e. The summed E-state index contributed by atoms with van der Waals surface area (Å²) < 4.78 is 0. The largest absolute Gasteiger partial charge is 0.390 e. The summed E-state index contributed by atoms with van der Waals surface area (Å²) in [4.78, 5) is 8.31. The summed E-state index contributed by atoms with van der Waals surface area (Å²) in [5, 5.41) is 37.7. The fourth-order valence-corrected chi connectivity index (χ4v) is 2.94. The lowest BCUT2D eigenvalue weighted by Gasteiger charge is -2.43. The predicted octanol–water partition coefficient (Wildman–Crippen LogP) is -0.0836. The lowest BCUT2D eigenvalue weighted by Crippen LogP contribution is -2.47. The summed E-state index contributed by atoms with van der Waals surface area (Å²) in [7, 11) is 0. The number of aliphatic hydroxyl groups excluding tert-OH is 2. The molecule has 6 nitrogen and oxygen atoms in total. The van der Waals surface area contributed by atoms with Gasteiger partial charge in [0.05, 0.1) is 23.6 Å². The Hall–Kier alpha value is -2.02. The number of rotatable bonds is 0. The fraction of sp³-hybridized carbons (Fsp3) is 0.500. The van der Waals surface area contributed by atoms with Crippen LogP contribution >= 0.6 is 0 Å². The summed E-state index contributed by atoms with van der Waals surface area (Å²) in [5.74, 6) is -0.570. The van der Waals surface area contributed by atoms with Crippen molar-refractivity contribution in [2.45, 2.75) is 36.9 Å². The van der Waals surface area contributed by atoms with Crippen LogP contribution in [-0.4, -0.2) is 32.4 Å². The average molecular weight is 242 g/mol. The second-order valence-electron chi connectivity index (χ2n) is 4.69. The molecule has 0 aromatic carbocycles. The molecule has 6 heteroatoms. The summed E-state index contributed by atoms with van der Waals surface area (Å²) >= 11 is 0. The molecule has 0 amide bonds. The molecule has 2 N–H and O–H groups in total. The molecule has 18 heavy (non-hydrogen) atoms. The molecule has 4 rings (SSSR count). The van der Waals surface area contributed by atoms with Gasteiger partial charge in [0.1, 0.15) is 12.1 Å². The lowest BCUT2D eigenvalue weighted by atomic mass is 9.67. The van der Waals surface area contributed by atoms with E-state index in [4.69, 9.17) is 10.5 Å². The van der Waals surface area contributed by atoms with Crippen LogP contribution in [0.4, 0.5) is 0 Å². The summed E-state index contributed by atoms with van der Waals surface area (Å²) in [5.41, 5.74) is 1.12. The maximum atomic E-state index is 9.94. The first-order valence-electron chi connectivity index (χ1n) is 5.75. The van der Waals surface area contributed by atoms with Crippen LogP contribution in [0.5, 0.6) is 0 Å². The first-order valence-corrected chi connectivity index (χ1v) is 5.75. The normalized spacial score (nSPS) is 32.4. The first-order chi connectivity index (χ1) is 8.67. The fourth-order valence-electron chi connectivity index (χ4n) is 2.94. The van der Waals surface area contributed by atoms with E-state index in [0.29, 0.717) is 11.4 Å². The average Bonchev–Trinajstić information content (AvgIpc) is 2.41. The molecule has 0 radical (unpaired) electrons. The van der Waals surface area contributed by atoms with Crippen molar-refractivity contribution in [1.29, 1.82) is 10.5 Å². The van der Waals surface area contributed by atoms with Gasteiger partial charge in [0.2, 0.25) is 0 Å². The topological polar surface area (TPSA) is 114 Å². The van der Waals surface area contributed by atoms with Crippen molar-refractivity contribution in [3.8, 4) is 12.1 Å². The lowest BCUT2D eigenvalue weighted by molar-refractivity contribution is -0.0489. The van der Waals surface area contributed by atoms with E-state index in [1.54, 1.807) is 0 Å². The number of hydrogen-bond acceptors (Lipinski definition) is 6. The van der Waals surface area contributed by atoms with Gasteiger partial charge in [0.15, 0.2) is 11.4 Å². The van der Waals surface area contributed by atoms with E-state index in [2.05, 4.69) is 9.97 Å². The number of nitrogens with zero attached hydrogens (tertiary/aromatic N) is 4. The Kier molecular flexibility index (Phi) is 2.30. The monoisotopic (exact) mass is 242 g/mol. The van der Waals surface area contributed by atoms with Crippen LogP contribution in [-0.2, 0) is 0 Å². The molecule has 1 heterocycles. The Morgan fingerprint density at radius 2 is 1.28 bits per heavy atom. The van der Waals surface area contributed by atoms with E-state index in [9.17, 15) is 10.2 Å². The Morgan fingerprint density at radius 3 is 1.61 bits per heavy atom. The number of hydrogen-bond donors (Lipinski definition) is 2. The van der Waals surface area contributed by atoms with Crippen molar-refractivity contribution in [2.24, 2.45) is 0 Å². The second kappa shape index (κ2) is 3.74. The third-order valence-electron chi connectivity index (χ3n) is 3.83. The maximum absolute atomic E-state index is 9.94. The molecule has 0 spiro atoms. The number of fused-ring (bicyclic) bond motifs is 2. The van der Waals surface area contributed by atoms with Crippen LogP contribution in [0.1, 0.15) is 47.5 Å². The van der Waals surface area contributed by atoms with Crippen LogP contribution < -0.4 is 0 Å². The van der Waals surface area contributed by atoms with Crippen molar-refractivity contribution in [3.05, 3.63) is 22.8 Å². The van der Waals surface area contributed by atoms with Crippen LogP contribution in [0, 0.1) is 22.7 Å². The molecular weight excluding hydrogens is 232 g/mol. The van der Waals surface area contributed by atoms with Crippen molar-refractivity contribution in [2.75, 3.05) is 0 Å². The minimum absolute atomic E-state index is 0.00881. The standard InChI is InChI=1S/C12H10N4O2/c13-3-7-8(4-14)16-10-6-2-1-5(9(10)15-7)11(17)12(6)18/h5-6,11-12,17-18H,1-2H2/t5-,6+,11+,12-. The van der Waals surface area contributed by atoms with Gasteiger partial charge in [-0.25, -0.2) is 9.97 Å². The van der Waals surface area contributed by atoms with E-state index in [0.717, 1.165) is 12.8 Å². The van der Waals surface area contributed by atoms with E-state index in [1.807, 2.05) is 12.1 Å². The SMILES string of the molecule is N#Cc1nc2c(nc1C#N)[C@@H]1CC[C@H]2[C@H](O)[C@@H]1O. The third kappa shape index (κ3) is 1.28. The van der Waals surface area contributed by atoms with Gasteiger partial charge in [-0.15, -0.1) is 0 Å². The molecule has 90 valence electrons. The Morgan fingerprint density at radius 1 is 0.889 bits per heavy atom. The maximum Gasteiger partial charge on any atom is 0.177 e. The highest BCUT2D eigenvalue weighted by atomic mass is 16.3. The molecule has 0 unspecified atom stereocenters. The van der Waals surface area contributed by atoms with Gasteiger partial charge < -0.3 is 10.2 Å². The molecule has 4 atom stereocenters. The number of aromatic nitrogens is 2. The zero-order valence-corrected chi connectivity index (χ0v) is 9.41. The van der Waals surface area contributed by atoms with Crippen molar-refractivity contribution in [1.82, 2.24) is 9.97 Å². The van der Waals surface area contributed by atoms with E-state index in [-0.39, 0.29) is 23.2 Å². The zero-order valence-electron chi connectivity index (χ0n) is 9.41. The Balaban J connectivity index is 2.23. The van der Waals surface area contributed by atoms with Gasteiger partial charge in [-0.1, -0.05) is 0 Å². The van der Waals surface area contributed by atoms with Crippen LogP contribution in [0.3, 0.4) is 0 Å². The summed E-state index contributed by atoms with van der Waals surface area (Å²) in [6.45, 7) is 0. The van der Waals surface area contributed by atoms with E-state index >= 15 is 0 Å². The van der Waals surface area contributed by atoms with Gasteiger partial charge >= 0.3 is 0 Å². The molecule has 3 aliphatic rings. The highest BCUT2D eigenvalue weighted by Crippen LogP contribution is 2.48. The van der Waals surface area contributed by atoms with Gasteiger partial charge in [-0.05, 0) is 12.8 Å². The van der Waals surface area contributed by atoms with Gasteiger partial charge in [-0.3, -0.25) is 0 Å². The van der Waals surface area contributed by atoms with Gasteiger partial charge in [0, 0.05) is 11.8 Å². The van der Waals surface area contributed by atoms with Gasteiger partial charge in [-0.2, -0.15) is 10.5 Å². The highest BCUT2D eigenvalue weighted by molar-refractivity contribution is 5.42. The Labute approximate surface area is 103 Å². The molecule has 1 saturated carbocycles. The second-order valence-corrected chi connectivity index (χ2v) is 4.69. The molecule has 0 saturated heterocycles. The first kappa shape index (κ1) is 11.1. The molecule has 3 aliphatic carbocycles. The zero-order chi connectivity index (χ0) is 12.9. The predicted molar refractivity (Wildman–Crippen MR) is 58.2 cm³/mol. The smallest absolute Gasteiger partial charge is 0.177 e. The molecule has 1 aromatic rings. The summed E-state index contributed by atoms with van der Waals surface area (Å²) in [6, 6.07) is 3.68. The summed E-state index contributed by atoms with van der Waals surface area (Å²) in [6.07, 6.45) is -0.266. The molecular formula is C12H10N4O2. The van der Waals surface area contributed by atoms with Crippen LogP contribution in [0.25, 0.3) is 0 Å². The van der Waals surface area contributed by atoms with Crippen molar-refractivity contribution < 1.29 is 10.2 Å². The molecule has 2 bridgehead atoms. The van der Waals surface area contributed by atoms with Crippen molar-refractivity contribution >= 4 is 0 Å². The van der Waals surface area contributed by atoms with Crippen LogP contribution in [0.2, 0.25) is 0 Å². The molecule has 0 aliphatic heterocycles. The number of nitriles is 2. The quantitative estimate of drug-likeness (QED) is 0.657. The Bertz CT molecular complexity index is 548. The third-order valence-corrected chi connectivity index (χ3v) is 3.83. The van der Waals surface area contributed by atoms with Crippen molar-refractivity contribution in [3.63, 3.8) is 0 Å². The number of aliphatic hydroxyl groups is 2. The van der Waals surface area contributed by atoms with E-state index < -0.39 is 12.2 Å².